The maximum Gasteiger partial charge on any atom is 0.269 e. The quantitative estimate of drug-likeness (QED) is 0.583. The molecule has 2 aromatic carbocycles. The smallest absolute Gasteiger partial charge is 0.269 e. The molecule has 1 amide bonds. The van der Waals surface area contributed by atoms with E-state index in [0.717, 1.165) is 11.1 Å². The minimum Gasteiger partial charge on any atom is -0.322 e. The largest absolute Gasteiger partial charge is 0.322 e. The van der Waals surface area contributed by atoms with Gasteiger partial charge in [0.05, 0.1) is 4.92 Å². The Bertz CT molecular complexity index is 860. The average Bonchev–Trinajstić information content (AvgIpc) is 2.63. The van der Waals surface area contributed by atoms with Crippen molar-refractivity contribution in [2.75, 3.05) is 5.32 Å². The third kappa shape index (κ3) is 3.44. The summed E-state index contributed by atoms with van der Waals surface area (Å²) in [5.41, 5.74) is 2.92. The van der Waals surface area contributed by atoms with Crippen LogP contribution in [0.4, 0.5) is 11.4 Å². The first kappa shape index (κ1) is 15.4. The van der Waals surface area contributed by atoms with E-state index in [1.165, 1.54) is 24.3 Å². The molecular formula is C18H13N3O3. The van der Waals surface area contributed by atoms with Gasteiger partial charge in [-0.05, 0) is 41.5 Å². The second-order valence-corrected chi connectivity index (χ2v) is 5.08. The zero-order chi connectivity index (χ0) is 16.9. The van der Waals surface area contributed by atoms with Gasteiger partial charge in [-0.1, -0.05) is 18.2 Å². The SMILES string of the molecule is O=C(Nc1ccc([N+](=O)[O-])cc1)c1ccc(-c2cccnc2)cc1. The van der Waals surface area contributed by atoms with Gasteiger partial charge in [-0.2, -0.15) is 0 Å². The van der Waals surface area contributed by atoms with Crippen LogP contribution in [0.1, 0.15) is 10.4 Å². The van der Waals surface area contributed by atoms with Crippen LogP contribution in [0, 0.1) is 10.1 Å². The maximum absolute atomic E-state index is 12.2. The molecule has 0 spiro atoms. The van der Waals surface area contributed by atoms with Crippen molar-refractivity contribution < 1.29 is 9.72 Å². The van der Waals surface area contributed by atoms with Gasteiger partial charge in [0.15, 0.2) is 0 Å². The minimum atomic E-state index is -0.483. The van der Waals surface area contributed by atoms with Crippen molar-refractivity contribution in [2.24, 2.45) is 0 Å². The monoisotopic (exact) mass is 319 g/mol. The summed E-state index contributed by atoms with van der Waals surface area (Å²) >= 11 is 0. The van der Waals surface area contributed by atoms with E-state index in [1.54, 1.807) is 24.5 Å². The molecule has 6 heteroatoms. The first-order valence-electron chi connectivity index (χ1n) is 7.20. The number of benzene rings is 2. The van der Waals surface area contributed by atoms with Gasteiger partial charge in [-0.3, -0.25) is 19.9 Å². The summed E-state index contributed by atoms with van der Waals surface area (Å²) < 4.78 is 0. The van der Waals surface area contributed by atoms with Crippen LogP contribution in [0.25, 0.3) is 11.1 Å². The summed E-state index contributed by atoms with van der Waals surface area (Å²) in [6, 6.07) is 16.6. The summed E-state index contributed by atoms with van der Waals surface area (Å²) in [4.78, 5) is 26.4. The zero-order valence-electron chi connectivity index (χ0n) is 12.5. The van der Waals surface area contributed by atoms with Crippen molar-refractivity contribution in [1.82, 2.24) is 4.98 Å². The van der Waals surface area contributed by atoms with E-state index in [0.29, 0.717) is 11.3 Å². The number of nitrogens with one attached hydrogen (secondary N) is 1. The molecule has 3 aromatic rings. The number of aromatic nitrogens is 1. The van der Waals surface area contributed by atoms with E-state index >= 15 is 0 Å². The van der Waals surface area contributed by atoms with Crippen molar-refractivity contribution in [3.63, 3.8) is 0 Å². The summed E-state index contributed by atoms with van der Waals surface area (Å²) in [6.45, 7) is 0. The first-order chi connectivity index (χ1) is 11.6. The number of rotatable bonds is 4. The van der Waals surface area contributed by atoms with Gasteiger partial charge in [0, 0.05) is 35.8 Å². The fourth-order valence-corrected chi connectivity index (χ4v) is 2.22. The molecule has 0 radical (unpaired) electrons. The highest BCUT2D eigenvalue weighted by Crippen LogP contribution is 2.20. The van der Waals surface area contributed by atoms with Gasteiger partial charge in [0.25, 0.3) is 11.6 Å². The number of hydrogen-bond donors (Lipinski definition) is 1. The van der Waals surface area contributed by atoms with E-state index in [4.69, 9.17) is 0 Å². The van der Waals surface area contributed by atoms with Crippen LogP contribution in [0.5, 0.6) is 0 Å². The molecule has 1 aromatic heterocycles. The Balaban J connectivity index is 1.72. The van der Waals surface area contributed by atoms with E-state index in [1.807, 2.05) is 24.3 Å². The fraction of sp³-hybridized carbons (Fsp3) is 0. The van der Waals surface area contributed by atoms with E-state index in [9.17, 15) is 14.9 Å². The van der Waals surface area contributed by atoms with Crippen molar-refractivity contribution in [1.29, 1.82) is 0 Å². The summed E-state index contributed by atoms with van der Waals surface area (Å²) in [6.07, 6.45) is 3.46. The van der Waals surface area contributed by atoms with Crippen molar-refractivity contribution in [2.45, 2.75) is 0 Å². The molecule has 0 aliphatic rings. The number of nitrogens with zero attached hydrogens (tertiary/aromatic N) is 2. The van der Waals surface area contributed by atoms with E-state index < -0.39 is 4.92 Å². The predicted molar refractivity (Wildman–Crippen MR) is 90.7 cm³/mol. The fourth-order valence-electron chi connectivity index (χ4n) is 2.22. The minimum absolute atomic E-state index is 0.0196. The molecule has 0 unspecified atom stereocenters. The summed E-state index contributed by atoms with van der Waals surface area (Å²) in [5.74, 6) is -0.276. The van der Waals surface area contributed by atoms with E-state index in [2.05, 4.69) is 10.3 Å². The Kier molecular flexibility index (Phi) is 4.29. The number of anilines is 1. The van der Waals surface area contributed by atoms with Crippen LogP contribution in [0.3, 0.4) is 0 Å². The van der Waals surface area contributed by atoms with Crippen molar-refractivity contribution in [3.8, 4) is 11.1 Å². The molecule has 0 fully saturated rings. The number of hydrogen-bond acceptors (Lipinski definition) is 4. The molecule has 3 rings (SSSR count). The molecule has 0 saturated heterocycles. The van der Waals surface area contributed by atoms with Gasteiger partial charge < -0.3 is 5.32 Å². The maximum atomic E-state index is 12.2. The highest BCUT2D eigenvalue weighted by molar-refractivity contribution is 6.04. The molecule has 0 saturated carbocycles. The molecule has 24 heavy (non-hydrogen) atoms. The third-order valence-corrected chi connectivity index (χ3v) is 3.48. The van der Waals surface area contributed by atoms with Gasteiger partial charge >= 0.3 is 0 Å². The topological polar surface area (TPSA) is 85.1 Å². The van der Waals surface area contributed by atoms with Crippen LogP contribution in [-0.2, 0) is 0 Å². The lowest BCUT2D eigenvalue weighted by Gasteiger charge is -2.06. The molecule has 1 N–H and O–H groups in total. The van der Waals surface area contributed by atoms with Gasteiger partial charge in [0.2, 0.25) is 0 Å². The lowest BCUT2D eigenvalue weighted by Crippen LogP contribution is -2.11. The Morgan fingerprint density at radius 3 is 2.25 bits per heavy atom. The van der Waals surface area contributed by atoms with Gasteiger partial charge in [0.1, 0.15) is 0 Å². The van der Waals surface area contributed by atoms with Crippen LogP contribution >= 0.6 is 0 Å². The second-order valence-electron chi connectivity index (χ2n) is 5.08. The lowest BCUT2D eigenvalue weighted by molar-refractivity contribution is -0.384. The number of nitro benzene ring substituents is 1. The normalized spacial score (nSPS) is 10.2. The number of nitro groups is 1. The Morgan fingerprint density at radius 2 is 1.67 bits per heavy atom. The predicted octanol–water partition coefficient (Wildman–Crippen LogP) is 3.91. The highest BCUT2D eigenvalue weighted by atomic mass is 16.6. The molecule has 118 valence electrons. The number of carbonyl (C=O) groups is 1. The lowest BCUT2D eigenvalue weighted by atomic mass is 10.1. The average molecular weight is 319 g/mol. The Labute approximate surface area is 137 Å². The molecule has 0 aliphatic carbocycles. The van der Waals surface area contributed by atoms with Crippen LogP contribution < -0.4 is 5.32 Å². The van der Waals surface area contributed by atoms with Gasteiger partial charge in [-0.25, -0.2) is 0 Å². The number of pyridine rings is 1. The highest BCUT2D eigenvalue weighted by Gasteiger charge is 2.08. The van der Waals surface area contributed by atoms with Crippen LogP contribution in [0.2, 0.25) is 0 Å². The molecule has 0 bridgehead atoms. The van der Waals surface area contributed by atoms with Gasteiger partial charge in [-0.15, -0.1) is 0 Å². The second kappa shape index (κ2) is 6.70. The Hall–Kier alpha value is -3.54. The van der Waals surface area contributed by atoms with E-state index in [-0.39, 0.29) is 11.6 Å². The molecular weight excluding hydrogens is 306 g/mol. The standard InChI is InChI=1S/C18H13N3O3/c22-18(20-16-7-9-17(10-8-16)21(23)24)14-5-3-13(4-6-14)15-2-1-11-19-12-15/h1-12H,(H,20,22). The third-order valence-electron chi connectivity index (χ3n) is 3.48. The van der Waals surface area contributed by atoms with Crippen molar-refractivity contribution in [3.05, 3.63) is 88.7 Å². The molecule has 0 atom stereocenters. The van der Waals surface area contributed by atoms with Crippen LogP contribution in [0.15, 0.2) is 73.1 Å². The first-order valence-corrected chi connectivity index (χ1v) is 7.20. The summed E-state index contributed by atoms with van der Waals surface area (Å²) in [7, 11) is 0. The number of amides is 1. The van der Waals surface area contributed by atoms with Crippen molar-refractivity contribution >= 4 is 17.3 Å². The molecule has 6 nitrogen and oxygen atoms in total. The number of carbonyl (C=O) groups excluding carboxylic acids is 1. The summed E-state index contributed by atoms with van der Waals surface area (Å²) in [5, 5.41) is 13.3. The zero-order valence-corrected chi connectivity index (χ0v) is 12.5. The Morgan fingerprint density at radius 1 is 0.958 bits per heavy atom. The molecule has 0 aliphatic heterocycles. The van der Waals surface area contributed by atoms with Crippen LogP contribution in [-0.4, -0.2) is 15.8 Å². The molecule has 1 heterocycles. The number of non-ortho nitro benzene ring substituents is 1.